The smallest absolute Gasteiger partial charge is 0.410 e. The van der Waals surface area contributed by atoms with Gasteiger partial charge in [-0.05, 0) is 5.56 Å². The van der Waals surface area contributed by atoms with E-state index in [1.165, 1.54) is 0 Å². The number of hydrogen-bond acceptors (Lipinski definition) is 3. The number of amides is 1. The summed E-state index contributed by atoms with van der Waals surface area (Å²) in [5.41, 5.74) is 6.29. The second-order valence-electron chi connectivity index (χ2n) is 4.10. The Morgan fingerprint density at radius 2 is 2.06 bits per heavy atom. The molecular formula is C12H15N3O2. The minimum absolute atomic E-state index is 0.000671. The lowest BCUT2D eigenvalue weighted by atomic mass is 10.0. The zero-order valence-electron chi connectivity index (χ0n) is 9.43. The molecule has 5 heteroatoms. The maximum absolute atomic E-state index is 11.6. The van der Waals surface area contributed by atoms with E-state index in [1.54, 1.807) is 4.90 Å². The van der Waals surface area contributed by atoms with Crippen molar-refractivity contribution in [3.63, 3.8) is 0 Å². The number of ether oxygens (including phenoxy) is 1. The molecule has 1 heterocycles. The van der Waals surface area contributed by atoms with Gasteiger partial charge in [-0.25, -0.2) is 4.79 Å². The molecule has 0 aliphatic carbocycles. The van der Waals surface area contributed by atoms with E-state index in [-0.39, 0.29) is 24.5 Å². The quantitative estimate of drug-likeness (QED) is 0.608. The maximum atomic E-state index is 11.6. The Bertz CT molecular complexity index is 413. The SMILES string of the molecule is N=C(N)C1CN(C(=O)OCc2ccccc2)C1. The van der Waals surface area contributed by atoms with Gasteiger partial charge in [0, 0.05) is 13.1 Å². The monoisotopic (exact) mass is 233 g/mol. The van der Waals surface area contributed by atoms with Crippen LogP contribution in [0.3, 0.4) is 0 Å². The van der Waals surface area contributed by atoms with E-state index < -0.39 is 0 Å². The number of nitrogens with zero attached hydrogens (tertiary/aromatic N) is 1. The largest absolute Gasteiger partial charge is 0.445 e. The van der Waals surface area contributed by atoms with Crippen molar-refractivity contribution in [2.75, 3.05) is 13.1 Å². The lowest BCUT2D eigenvalue weighted by Crippen LogP contribution is -2.54. The summed E-state index contributed by atoms with van der Waals surface area (Å²) in [5.74, 6) is 0.136. The van der Waals surface area contributed by atoms with Crippen LogP contribution in [0.2, 0.25) is 0 Å². The van der Waals surface area contributed by atoms with Crippen molar-refractivity contribution >= 4 is 11.9 Å². The number of carbonyl (C=O) groups excluding carboxylic acids is 1. The van der Waals surface area contributed by atoms with Gasteiger partial charge in [0.1, 0.15) is 6.61 Å². The van der Waals surface area contributed by atoms with Gasteiger partial charge in [-0.15, -0.1) is 0 Å². The van der Waals surface area contributed by atoms with E-state index >= 15 is 0 Å². The van der Waals surface area contributed by atoms with E-state index in [0.717, 1.165) is 5.56 Å². The number of nitrogens with one attached hydrogen (secondary N) is 1. The third-order valence-corrected chi connectivity index (χ3v) is 2.78. The maximum Gasteiger partial charge on any atom is 0.410 e. The number of amidine groups is 1. The fourth-order valence-corrected chi connectivity index (χ4v) is 1.63. The molecule has 0 atom stereocenters. The third kappa shape index (κ3) is 2.75. The molecule has 5 nitrogen and oxygen atoms in total. The zero-order chi connectivity index (χ0) is 12.3. The van der Waals surface area contributed by atoms with Crippen LogP contribution in [0.1, 0.15) is 5.56 Å². The van der Waals surface area contributed by atoms with Crippen LogP contribution in [-0.2, 0) is 11.3 Å². The highest BCUT2D eigenvalue weighted by Crippen LogP contribution is 2.16. The molecule has 0 aromatic heterocycles. The van der Waals surface area contributed by atoms with E-state index in [4.69, 9.17) is 15.9 Å². The summed E-state index contributed by atoms with van der Waals surface area (Å²) >= 11 is 0. The molecule has 1 aromatic carbocycles. The van der Waals surface area contributed by atoms with Crippen molar-refractivity contribution in [1.82, 2.24) is 4.90 Å². The van der Waals surface area contributed by atoms with Crippen LogP contribution >= 0.6 is 0 Å². The Kier molecular flexibility index (Phi) is 3.27. The van der Waals surface area contributed by atoms with E-state index in [1.807, 2.05) is 30.3 Å². The number of nitrogens with two attached hydrogens (primary N) is 1. The molecule has 1 fully saturated rings. The van der Waals surface area contributed by atoms with Gasteiger partial charge in [0.15, 0.2) is 0 Å². The Balaban J connectivity index is 1.74. The minimum atomic E-state index is -0.341. The van der Waals surface area contributed by atoms with E-state index in [9.17, 15) is 4.79 Å². The summed E-state index contributed by atoms with van der Waals surface area (Å²) in [6, 6.07) is 9.53. The first-order chi connectivity index (χ1) is 8.16. The predicted octanol–water partition coefficient (Wildman–Crippen LogP) is 1.19. The van der Waals surface area contributed by atoms with E-state index in [0.29, 0.717) is 13.1 Å². The predicted molar refractivity (Wildman–Crippen MR) is 63.6 cm³/mol. The van der Waals surface area contributed by atoms with Gasteiger partial charge in [0.25, 0.3) is 0 Å². The Hall–Kier alpha value is -2.04. The lowest BCUT2D eigenvalue weighted by molar-refractivity contribution is 0.0639. The van der Waals surface area contributed by atoms with Crippen molar-refractivity contribution in [3.05, 3.63) is 35.9 Å². The number of rotatable bonds is 3. The molecule has 0 unspecified atom stereocenters. The van der Waals surface area contributed by atoms with Gasteiger partial charge in [-0.3, -0.25) is 5.41 Å². The fraction of sp³-hybridized carbons (Fsp3) is 0.333. The highest BCUT2D eigenvalue weighted by molar-refractivity contribution is 5.83. The number of likely N-dealkylation sites (tertiary alicyclic amines) is 1. The van der Waals surface area contributed by atoms with Crippen molar-refractivity contribution in [1.29, 1.82) is 5.41 Å². The molecule has 2 rings (SSSR count). The average Bonchev–Trinajstić information content (AvgIpc) is 2.25. The van der Waals surface area contributed by atoms with Crippen LogP contribution in [0.25, 0.3) is 0 Å². The number of hydrogen-bond donors (Lipinski definition) is 2. The Morgan fingerprint density at radius 3 is 2.65 bits per heavy atom. The highest BCUT2D eigenvalue weighted by Gasteiger charge is 2.33. The Labute approximate surface area is 99.7 Å². The molecule has 1 saturated heterocycles. The topological polar surface area (TPSA) is 79.4 Å². The molecule has 0 spiro atoms. The summed E-state index contributed by atoms with van der Waals surface area (Å²) in [5, 5.41) is 7.22. The van der Waals surface area contributed by atoms with E-state index in [2.05, 4.69) is 0 Å². The average molecular weight is 233 g/mol. The molecule has 0 bridgehead atoms. The molecule has 1 amide bonds. The first-order valence-corrected chi connectivity index (χ1v) is 5.46. The molecule has 1 aromatic rings. The summed E-state index contributed by atoms with van der Waals surface area (Å²) in [6.07, 6.45) is -0.341. The van der Waals surface area contributed by atoms with Crippen molar-refractivity contribution in [3.8, 4) is 0 Å². The molecule has 0 saturated carbocycles. The first-order valence-electron chi connectivity index (χ1n) is 5.46. The lowest BCUT2D eigenvalue weighted by Gasteiger charge is -2.37. The molecular weight excluding hydrogens is 218 g/mol. The standard InChI is InChI=1S/C12H15N3O2/c13-11(14)10-6-15(7-10)12(16)17-8-9-4-2-1-3-5-9/h1-5,10H,6-8H2,(H3,13,14). The van der Waals surface area contributed by atoms with Crippen molar-refractivity contribution in [2.24, 2.45) is 11.7 Å². The first kappa shape index (κ1) is 11.4. The van der Waals surface area contributed by atoms with Crippen molar-refractivity contribution < 1.29 is 9.53 Å². The third-order valence-electron chi connectivity index (χ3n) is 2.78. The van der Waals surface area contributed by atoms with Crippen LogP contribution in [0, 0.1) is 11.3 Å². The number of carbonyl (C=O) groups is 1. The van der Waals surface area contributed by atoms with Crippen LogP contribution in [0.4, 0.5) is 4.79 Å². The van der Waals surface area contributed by atoms with Gasteiger partial charge >= 0.3 is 6.09 Å². The fourth-order valence-electron chi connectivity index (χ4n) is 1.63. The summed E-state index contributed by atoms with van der Waals surface area (Å²) in [4.78, 5) is 13.1. The second kappa shape index (κ2) is 4.86. The van der Waals surface area contributed by atoms with Gasteiger partial charge in [0.2, 0.25) is 0 Å². The van der Waals surface area contributed by atoms with Gasteiger partial charge in [0.05, 0.1) is 11.8 Å². The summed E-state index contributed by atoms with van der Waals surface area (Å²) in [6.45, 7) is 1.26. The highest BCUT2D eigenvalue weighted by atomic mass is 16.6. The van der Waals surface area contributed by atoms with Crippen LogP contribution in [0.5, 0.6) is 0 Å². The zero-order valence-corrected chi connectivity index (χ0v) is 9.43. The van der Waals surface area contributed by atoms with Gasteiger partial charge in [-0.1, -0.05) is 30.3 Å². The molecule has 3 N–H and O–H groups in total. The normalized spacial score (nSPS) is 15.2. The van der Waals surface area contributed by atoms with Crippen LogP contribution in [-0.4, -0.2) is 29.9 Å². The second-order valence-corrected chi connectivity index (χ2v) is 4.10. The van der Waals surface area contributed by atoms with Crippen LogP contribution in [0.15, 0.2) is 30.3 Å². The summed E-state index contributed by atoms with van der Waals surface area (Å²) < 4.78 is 5.14. The minimum Gasteiger partial charge on any atom is -0.445 e. The Morgan fingerprint density at radius 1 is 1.41 bits per heavy atom. The molecule has 1 aliphatic heterocycles. The van der Waals surface area contributed by atoms with Crippen LogP contribution < -0.4 is 5.73 Å². The van der Waals surface area contributed by atoms with Gasteiger partial charge < -0.3 is 15.4 Å². The molecule has 1 aliphatic rings. The molecule has 0 radical (unpaired) electrons. The molecule has 17 heavy (non-hydrogen) atoms. The van der Waals surface area contributed by atoms with Crippen molar-refractivity contribution in [2.45, 2.75) is 6.61 Å². The van der Waals surface area contributed by atoms with Gasteiger partial charge in [-0.2, -0.15) is 0 Å². The molecule has 90 valence electrons. The summed E-state index contributed by atoms with van der Waals surface area (Å²) in [7, 11) is 0. The number of benzene rings is 1.